The Bertz CT molecular complexity index is 701. The molecule has 1 heterocycles. The highest BCUT2D eigenvalue weighted by Crippen LogP contribution is 2.32. The number of nitrogens with two attached hydrogens (primary N) is 1. The van der Waals surface area contributed by atoms with Crippen molar-refractivity contribution in [3.63, 3.8) is 0 Å². The molecule has 6 nitrogen and oxygen atoms in total. The van der Waals surface area contributed by atoms with E-state index in [-0.39, 0.29) is 4.90 Å². The molecule has 8 heteroatoms. The molecule has 2 aromatic rings. The van der Waals surface area contributed by atoms with Crippen molar-refractivity contribution < 1.29 is 8.42 Å². The van der Waals surface area contributed by atoms with Crippen molar-refractivity contribution >= 4 is 37.3 Å². The number of halogens is 1. The maximum absolute atomic E-state index is 12.2. The molecule has 19 heavy (non-hydrogen) atoms. The highest BCUT2D eigenvalue weighted by Gasteiger charge is 2.19. The first-order chi connectivity index (χ1) is 8.79. The van der Waals surface area contributed by atoms with Gasteiger partial charge >= 0.3 is 0 Å². The number of rotatable bonds is 3. The number of hydrogen-bond donors (Lipinski definition) is 2. The third kappa shape index (κ3) is 2.90. The minimum Gasteiger partial charge on any atom is -0.397 e. The lowest BCUT2D eigenvalue weighted by molar-refractivity contribution is 0.601. The molecule has 0 bridgehead atoms. The largest absolute Gasteiger partial charge is 0.397 e. The number of sulfonamides is 1. The summed E-state index contributed by atoms with van der Waals surface area (Å²) in [5.41, 5.74) is 7.46. The summed E-state index contributed by atoms with van der Waals surface area (Å²) < 4.78 is 28.8. The summed E-state index contributed by atoms with van der Waals surface area (Å²) in [7, 11) is -2.05. The van der Waals surface area contributed by atoms with Gasteiger partial charge in [-0.2, -0.15) is 5.10 Å². The predicted molar refractivity (Wildman–Crippen MR) is 77.3 cm³/mol. The van der Waals surface area contributed by atoms with E-state index in [9.17, 15) is 8.42 Å². The Labute approximate surface area is 119 Å². The van der Waals surface area contributed by atoms with E-state index in [2.05, 4.69) is 25.8 Å². The van der Waals surface area contributed by atoms with Gasteiger partial charge in [-0.3, -0.25) is 9.40 Å². The van der Waals surface area contributed by atoms with E-state index >= 15 is 0 Å². The van der Waals surface area contributed by atoms with Gasteiger partial charge in [0.2, 0.25) is 0 Å². The number of benzene rings is 1. The van der Waals surface area contributed by atoms with Crippen molar-refractivity contribution in [2.24, 2.45) is 7.05 Å². The fourth-order valence-electron chi connectivity index (χ4n) is 1.61. The van der Waals surface area contributed by atoms with E-state index in [0.717, 1.165) is 5.56 Å². The standard InChI is InChI=1S/C11H13BrN4O2S/c1-7-3-9(12)11(10(13)4-7)15-19(17,18)8-5-14-16(2)6-8/h3-6,15H,13H2,1-2H3. The van der Waals surface area contributed by atoms with Gasteiger partial charge in [0.05, 0.1) is 17.6 Å². The van der Waals surface area contributed by atoms with Crippen molar-refractivity contribution in [2.75, 3.05) is 10.5 Å². The van der Waals surface area contributed by atoms with E-state index in [1.165, 1.54) is 17.1 Å². The minimum atomic E-state index is -3.69. The Hall–Kier alpha value is -1.54. The van der Waals surface area contributed by atoms with Gasteiger partial charge in [0, 0.05) is 17.7 Å². The first-order valence-corrected chi connectivity index (χ1v) is 7.64. The maximum atomic E-state index is 12.2. The molecule has 0 aliphatic carbocycles. The molecule has 0 aliphatic rings. The molecule has 1 aromatic heterocycles. The quantitative estimate of drug-likeness (QED) is 0.831. The highest BCUT2D eigenvalue weighted by molar-refractivity contribution is 9.10. The summed E-state index contributed by atoms with van der Waals surface area (Å²) in [6, 6.07) is 3.49. The van der Waals surface area contributed by atoms with E-state index in [4.69, 9.17) is 5.73 Å². The molecule has 0 saturated heterocycles. The average molecular weight is 345 g/mol. The van der Waals surface area contributed by atoms with Crippen LogP contribution in [0.1, 0.15) is 5.56 Å². The van der Waals surface area contributed by atoms with Gasteiger partial charge in [-0.25, -0.2) is 8.42 Å². The lowest BCUT2D eigenvalue weighted by atomic mass is 10.2. The summed E-state index contributed by atoms with van der Waals surface area (Å²) >= 11 is 3.30. The van der Waals surface area contributed by atoms with Crippen LogP contribution in [0.3, 0.4) is 0 Å². The predicted octanol–water partition coefficient (Wildman–Crippen LogP) is 1.87. The fraction of sp³-hybridized carbons (Fsp3) is 0.182. The van der Waals surface area contributed by atoms with Gasteiger partial charge in [0.1, 0.15) is 4.90 Å². The zero-order valence-electron chi connectivity index (χ0n) is 10.4. The summed E-state index contributed by atoms with van der Waals surface area (Å²) in [6.07, 6.45) is 2.70. The van der Waals surface area contributed by atoms with E-state index in [1.54, 1.807) is 19.2 Å². The molecule has 0 amide bonds. The molecule has 2 rings (SSSR count). The second kappa shape index (κ2) is 4.86. The Morgan fingerprint density at radius 1 is 1.42 bits per heavy atom. The summed E-state index contributed by atoms with van der Waals surface area (Å²) in [6.45, 7) is 1.88. The van der Waals surface area contributed by atoms with Crippen molar-refractivity contribution in [3.8, 4) is 0 Å². The van der Waals surface area contributed by atoms with Crippen LogP contribution >= 0.6 is 15.9 Å². The molecule has 1 aromatic carbocycles. The van der Waals surface area contributed by atoms with Crippen LogP contribution in [0.4, 0.5) is 11.4 Å². The number of aryl methyl sites for hydroxylation is 2. The molecule has 0 atom stereocenters. The first kappa shape index (κ1) is 13.9. The fourth-order valence-corrected chi connectivity index (χ4v) is 3.52. The normalized spacial score (nSPS) is 11.5. The van der Waals surface area contributed by atoms with Crippen molar-refractivity contribution in [3.05, 3.63) is 34.6 Å². The van der Waals surface area contributed by atoms with Crippen LogP contribution in [0.25, 0.3) is 0 Å². The summed E-state index contributed by atoms with van der Waals surface area (Å²) in [4.78, 5) is 0.0851. The molecule has 0 radical (unpaired) electrons. The maximum Gasteiger partial charge on any atom is 0.265 e. The van der Waals surface area contributed by atoms with E-state index in [0.29, 0.717) is 15.8 Å². The molecule has 3 N–H and O–H groups in total. The van der Waals surface area contributed by atoms with Gasteiger partial charge in [-0.15, -0.1) is 0 Å². The smallest absolute Gasteiger partial charge is 0.265 e. The number of nitrogens with one attached hydrogen (secondary N) is 1. The Balaban J connectivity index is 2.41. The van der Waals surface area contributed by atoms with Gasteiger partial charge < -0.3 is 5.73 Å². The van der Waals surface area contributed by atoms with Crippen LogP contribution < -0.4 is 10.5 Å². The third-order valence-corrected chi connectivity index (χ3v) is 4.42. The summed E-state index contributed by atoms with van der Waals surface area (Å²) in [5.74, 6) is 0. The molecule has 102 valence electrons. The van der Waals surface area contributed by atoms with Crippen molar-refractivity contribution in [1.82, 2.24) is 9.78 Å². The van der Waals surface area contributed by atoms with Crippen LogP contribution in [0.5, 0.6) is 0 Å². The molecule has 0 fully saturated rings. The zero-order valence-corrected chi connectivity index (χ0v) is 12.8. The van der Waals surface area contributed by atoms with E-state index < -0.39 is 10.0 Å². The monoisotopic (exact) mass is 344 g/mol. The van der Waals surface area contributed by atoms with Gasteiger partial charge in [-0.05, 0) is 40.5 Å². The number of anilines is 2. The Morgan fingerprint density at radius 2 is 2.11 bits per heavy atom. The Morgan fingerprint density at radius 3 is 2.63 bits per heavy atom. The number of nitrogens with zero attached hydrogens (tertiary/aromatic N) is 2. The van der Waals surface area contributed by atoms with E-state index in [1.807, 2.05) is 6.92 Å². The summed E-state index contributed by atoms with van der Waals surface area (Å²) in [5, 5.41) is 3.84. The van der Waals surface area contributed by atoms with Crippen LogP contribution in [0, 0.1) is 6.92 Å². The lowest BCUT2D eigenvalue weighted by Gasteiger charge is -2.12. The molecular formula is C11H13BrN4O2S. The van der Waals surface area contributed by atoms with Crippen LogP contribution in [-0.4, -0.2) is 18.2 Å². The third-order valence-electron chi connectivity index (χ3n) is 2.49. The Kier molecular flexibility index (Phi) is 3.55. The molecule has 0 aliphatic heterocycles. The second-order valence-corrected chi connectivity index (χ2v) is 6.70. The van der Waals surface area contributed by atoms with Gasteiger partial charge in [0.15, 0.2) is 0 Å². The number of nitrogen functional groups attached to an aromatic ring is 1. The lowest BCUT2D eigenvalue weighted by Crippen LogP contribution is -2.14. The van der Waals surface area contributed by atoms with Crippen LogP contribution in [-0.2, 0) is 17.1 Å². The number of hydrogen-bond acceptors (Lipinski definition) is 4. The topological polar surface area (TPSA) is 90.0 Å². The molecule has 0 unspecified atom stereocenters. The number of aromatic nitrogens is 2. The highest BCUT2D eigenvalue weighted by atomic mass is 79.9. The first-order valence-electron chi connectivity index (χ1n) is 5.36. The van der Waals surface area contributed by atoms with Gasteiger partial charge in [-0.1, -0.05) is 0 Å². The van der Waals surface area contributed by atoms with Gasteiger partial charge in [0.25, 0.3) is 10.0 Å². The zero-order chi connectivity index (χ0) is 14.2. The van der Waals surface area contributed by atoms with Crippen LogP contribution in [0.2, 0.25) is 0 Å². The van der Waals surface area contributed by atoms with Crippen molar-refractivity contribution in [2.45, 2.75) is 11.8 Å². The molecule has 0 spiro atoms. The van der Waals surface area contributed by atoms with Crippen LogP contribution in [0.15, 0.2) is 33.9 Å². The molecular weight excluding hydrogens is 332 g/mol. The molecule has 0 saturated carbocycles. The minimum absolute atomic E-state index is 0.0851. The average Bonchev–Trinajstić information content (AvgIpc) is 2.71. The second-order valence-electron chi connectivity index (χ2n) is 4.17. The van der Waals surface area contributed by atoms with Crippen molar-refractivity contribution in [1.29, 1.82) is 0 Å². The SMILES string of the molecule is Cc1cc(N)c(NS(=O)(=O)c2cnn(C)c2)c(Br)c1.